The van der Waals surface area contributed by atoms with Crippen LogP contribution in [0.25, 0.3) is 10.9 Å². The zero-order valence-corrected chi connectivity index (χ0v) is 16.2. The van der Waals surface area contributed by atoms with E-state index in [-0.39, 0.29) is 0 Å². The molecule has 1 atom stereocenters. The standard InChI is InChI=1S/C23H26F2N2/c1-14(2)16-6-4-15(5-7-16)13-27(3)18-8-9-22-19(12-18)20-10-17(24)11-21(25)23(20)26-22/h4-7,10-11,14,18,26H,8-9,12-13H2,1-3H3. The first-order valence-electron chi connectivity index (χ1n) is 9.70. The quantitative estimate of drug-likeness (QED) is 0.639. The van der Waals surface area contributed by atoms with Gasteiger partial charge in [0.05, 0.1) is 5.52 Å². The third kappa shape index (κ3) is 3.51. The smallest absolute Gasteiger partial charge is 0.150 e. The van der Waals surface area contributed by atoms with Crippen LogP contribution in [0.3, 0.4) is 0 Å². The van der Waals surface area contributed by atoms with Crippen molar-refractivity contribution < 1.29 is 8.78 Å². The van der Waals surface area contributed by atoms with E-state index in [1.165, 1.54) is 17.2 Å². The lowest BCUT2D eigenvalue weighted by Gasteiger charge is -2.31. The molecule has 0 radical (unpaired) electrons. The molecule has 1 unspecified atom stereocenters. The topological polar surface area (TPSA) is 19.0 Å². The molecule has 1 aliphatic carbocycles. The number of nitrogens with one attached hydrogen (secondary N) is 1. The first kappa shape index (κ1) is 18.2. The molecule has 1 aromatic heterocycles. The first-order chi connectivity index (χ1) is 12.9. The average Bonchev–Trinajstić information content (AvgIpc) is 3.00. The van der Waals surface area contributed by atoms with Crippen molar-refractivity contribution >= 4 is 10.9 Å². The number of fused-ring (bicyclic) bond motifs is 3. The van der Waals surface area contributed by atoms with Gasteiger partial charge in [0.1, 0.15) is 11.6 Å². The molecule has 2 aromatic carbocycles. The summed E-state index contributed by atoms with van der Waals surface area (Å²) in [7, 11) is 2.14. The van der Waals surface area contributed by atoms with E-state index in [1.807, 2.05) is 0 Å². The molecule has 0 spiro atoms. The van der Waals surface area contributed by atoms with Crippen LogP contribution in [0.1, 0.15) is 48.6 Å². The second-order valence-corrected chi connectivity index (χ2v) is 8.10. The van der Waals surface area contributed by atoms with Crippen LogP contribution in [0, 0.1) is 11.6 Å². The number of aromatic amines is 1. The predicted molar refractivity (Wildman–Crippen MR) is 106 cm³/mol. The van der Waals surface area contributed by atoms with E-state index in [4.69, 9.17) is 0 Å². The fourth-order valence-corrected chi connectivity index (χ4v) is 4.22. The van der Waals surface area contributed by atoms with Gasteiger partial charge >= 0.3 is 0 Å². The molecule has 1 aliphatic rings. The van der Waals surface area contributed by atoms with Crippen LogP contribution in [-0.2, 0) is 19.4 Å². The minimum atomic E-state index is -0.512. The third-order valence-electron chi connectivity index (χ3n) is 5.89. The first-order valence-corrected chi connectivity index (χ1v) is 9.70. The van der Waals surface area contributed by atoms with Gasteiger partial charge in [-0.3, -0.25) is 4.90 Å². The number of likely N-dealkylation sites (N-methyl/N-ethyl adjacent to an activating group) is 1. The molecule has 27 heavy (non-hydrogen) atoms. The Morgan fingerprint density at radius 1 is 1.15 bits per heavy atom. The normalized spacial score (nSPS) is 17.1. The Morgan fingerprint density at radius 2 is 1.89 bits per heavy atom. The van der Waals surface area contributed by atoms with Crippen molar-refractivity contribution in [1.29, 1.82) is 0 Å². The molecule has 1 N–H and O–H groups in total. The van der Waals surface area contributed by atoms with Gasteiger partial charge in [0, 0.05) is 29.7 Å². The van der Waals surface area contributed by atoms with E-state index in [2.05, 4.69) is 55.0 Å². The van der Waals surface area contributed by atoms with E-state index >= 15 is 0 Å². The molecule has 2 nitrogen and oxygen atoms in total. The fraction of sp³-hybridized carbons (Fsp3) is 0.391. The van der Waals surface area contributed by atoms with Gasteiger partial charge in [-0.05, 0) is 55.0 Å². The van der Waals surface area contributed by atoms with Crippen LogP contribution >= 0.6 is 0 Å². The zero-order chi connectivity index (χ0) is 19.1. The predicted octanol–water partition coefficient (Wildman–Crippen LogP) is 5.56. The number of halogens is 2. The number of hydrogen-bond acceptors (Lipinski definition) is 1. The highest BCUT2D eigenvalue weighted by molar-refractivity contribution is 5.85. The van der Waals surface area contributed by atoms with Gasteiger partial charge in [-0.25, -0.2) is 8.78 Å². The van der Waals surface area contributed by atoms with E-state index in [0.29, 0.717) is 22.9 Å². The Morgan fingerprint density at radius 3 is 2.59 bits per heavy atom. The number of aromatic nitrogens is 1. The van der Waals surface area contributed by atoms with Gasteiger partial charge in [-0.1, -0.05) is 38.1 Å². The Labute approximate surface area is 159 Å². The molecule has 4 heteroatoms. The average molecular weight is 368 g/mol. The zero-order valence-electron chi connectivity index (χ0n) is 16.2. The Hall–Kier alpha value is -2.20. The number of rotatable bonds is 4. The summed E-state index contributed by atoms with van der Waals surface area (Å²) < 4.78 is 27.8. The summed E-state index contributed by atoms with van der Waals surface area (Å²) in [5.41, 5.74) is 5.21. The summed E-state index contributed by atoms with van der Waals surface area (Å²) in [4.78, 5) is 5.54. The number of hydrogen-bond donors (Lipinski definition) is 1. The summed E-state index contributed by atoms with van der Waals surface area (Å²) in [5, 5.41) is 0.696. The molecule has 3 aromatic rings. The maximum absolute atomic E-state index is 14.1. The molecule has 4 rings (SSSR count). The molecule has 1 heterocycles. The number of nitrogens with zero attached hydrogens (tertiary/aromatic N) is 1. The van der Waals surface area contributed by atoms with Crippen LogP contribution < -0.4 is 0 Å². The summed E-state index contributed by atoms with van der Waals surface area (Å²) in [5.74, 6) is -0.478. The molecule has 0 saturated heterocycles. The van der Waals surface area contributed by atoms with Crippen molar-refractivity contribution in [2.75, 3.05) is 7.05 Å². The molecule has 0 fully saturated rings. The van der Waals surface area contributed by atoms with Gasteiger partial charge < -0.3 is 4.98 Å². The Kier molecular flexibility index (Phi) is 4.77. The molecule has 0 bridgehead atoms. The fourth-order valence-electron chi connectivity index (χ4n) is 4.22. The van der Waals surface area contributed by atoms with Crippen molar-refractivity contribution in [1.82, 2.24) is 9.88 Å². The minimum absolute atomic E-state index is 0.368. The van der Waals surface area contributed by atoms with E-state index in [0.717, 1.165) is 43.1 Å². The van der Waals surface area contributed by atoms with Crippen molar-refractivity contribution in [3.63, 3.8) is 0 Å². The van der Waals surface area contributed by atoms with Gasteiger partial charge in [0.15, 0.2) is 0 Å². The van der Waals surface area contributed by atoms with Gasteiger partial charge in [0.2, 0.25) is 0 Å². The van der Waals surface area contributed by atoms with Crippen molar-refractivity contribution in [2.24, 2.45) is 0 Å². The Bertz CT molecular complexity index is 957. The van der Waals surface area contributed by atoms with Crippen molar-refractivity contribution in [2.45, 2.75) is 51.6 Å². The number of H-pyrrole nitrogens is 1. The SMILES string of the molecule is CC(C)c1ccc(CN(C)C2CCc3[nH]c4c(F)cc(F)cc4c3C2)cc1. The summed E-state index contributed by atoms with van der Waals surface area (Å²) >= 11 is 0. The van der Waals surface area contributed by atoms with Gasteiger partial charge in [0.25, 0.3) is 0 Å². The summed E-state index contributed by atoms with van der Waals surface area (Å²) in [6.45, 7) is 5.28. The van der Waals surface area contributed by atoms with Crippen LogP contribution in [-0.4, -0.2) is 23.0 Å². The third-order valence-corrected chi connectivity index (χ3v) is 5.89. The minimum Gasteiger partial charge on any atom is -0.356 e. The van der Waals surface area contributed by atoms with Crippen LogP contribution in [0.2, 0.25) is 0 Å². The van der Waals surface area contributed by atoms with Crippen molar-refractivity contribution in [3.05, 3.63) is 70.4 Å². The monoisotopic (exact) mass is 368 g/mol. The van der Waals surface area contributed by atoms with E-state index in [9.17, 15) is 8.78 Å². The van der Waals surface area contributed by atoms with Gasteiger partial charge in [-0.2, -0.15) is 0 Å². The highest BCUT2D eigenvalue weighted by Crippen LogP contribution is 2.33. The van der Waals surface area contributed by atoms with E-state index in [1.54, 1.807) is 0 Å². The summed E-state index contributed by atoms with van der Waals surface area (Å²) in [6, 6.07) is 11.6. The molecular formula is C23H26F2N2. The number of aryl methyl sites for hydroxylation is 1. The van der Waals surface area contributed by atoms with Crippen molar-refractivity contribution in [3.8, 4) is 0 Å². The van der Waals surface area contributed by atoms with Crippen LogP contribution in [0.4, 0.5) is 8.78 Å². The molecule has 0 amide bonds. The van der Waals surface area contributed by atoms with Gasteiger partial charge in [-0.15, -0.1) is 0 Å². The lowest BCUT2D eigenvalue weighted by molar-refractivity contribution is 0.214. The second-order valence-electron chi connectivity index (χ2n) is 8.10. The molecular weight excluding hydrogens is 342 g/mol. The lowest BCUT2D eigenvalue weighted by atomic mass is 9.90. The highest BCUT2D eigenvalue weighted by atomic mass is 19.1. The molecule has 142 valence electrons. The summed E-state index contributed by atoms with van der Waals surface area (Å²) in [6.07, 6.45) is 2.70. The lowest BCUT2D eigenvalue weighted by Crippen LogP contribution is -2.35. The molecule has 0 saturated carbocycles. The van der Waals surface area contributed by atoms with Crippen LogP contribution in [0.15, 0.2) is 36.4 Å². The molecule has 0 aliphatic heterocycles. The van der Waals surface area contributed by atoms with Crippen LogP contribution in [0.5, 0.6) is 0 Å². The number of benzene rings is 2. The second kappa shape index (κ2) is 7.08. The highest BCUT2D eigenvalue weighted by Gasteiger charge is 2.26. The maximum Gasteiger partial charge on any atom is 0.150 e. The van der Waals surface area contributed by atoms with E-state index < -0.39 is 11.6 Å². The maximum atomic E-state index is 14.1. The Balaban J connectivity index is 1.53. The largest absolute Gasteiger partial charge is 0.356 e.